The Balaban J connectivity index is 1.02. The van der Waals surface area contributed by atoms with E-state index in [4.69, 9.17) is 28.7 Å². The summed E-state index contributed by atoms with van der Waals surface area (Å²) in [7, 11) is 3.72. The zero-order chi connectivity index (χ0) is 88.5. The summed E-state index contributed by atoms with van der Waals surface area (Å²) >= 11 is 0. The molecule has 0 spiro atoms. The number of carbonyl (C=O) groups is 12. The average molecular weight is 1690 g/mol. The number of H-pyrrole nitrogens is 5. The predicted molar refractivity (Wildman–Crippen MR) is 429 cm³/mol. The first kappa shape index (κ1) is 91.9. The van der Waals surface area contributed by atoms with Crippen molar-refractivity contribution < 1.29 is 57.5 Å². The molecule has 0 aromatic carbocycles. The van der Waals surface area contributed by atoms with Crippen molar-refractivity contribution in [2.75, 3.05) is 136 Å². The molecule has 0 aliphatic carbocycles. The molecule has 0 aliphatic heterocycles. The molecule has 52 nitrogen and oxygen atoms in total. The summed E-state index contributed by atoms with van der Waals surface area (Å²) in [6.07, 6.45) is 7.61. The molecule has 0 radical (unpaired) electrons. The van der Waals surface area contributed by atoms with Crippen LogP contribution in [-0.4, -0.2) is 309 Å². The highest BCUT2D eigenvalue weighted by molar-refractivity contribution is 5.91. The van der Waals surface area contributed by atoms with Crippen LogP contribution in [0.5, 0.6) is 0 Å². The zero-order valence-corrected chi connectivity index (χ0v) is 66.9. The summed E-state index contributed by atoms with van der Waals surface area (Å²) in [5, 5.41) is 15.7. The molecule has 2 atom stereocenters. The van der Waals surface area contributed by atoms with Crippen LogP contribution in [0.3, 0.4) is 0 Å². The lowest BCUT2D eigenvalue weighted by atomic mass is 10.1. The number of unbranched alkanes of at least 4 members (excludes halogenated alkanes) is 2. The maximum absolute atomic E-state index is 14.9. The SMILES string of the molecule is CC(=O)NCCN(CC(=O)NCCN(CC(=O)NC(CCCCN)CN(CC(=O)NCCN(CC(=O)NCCN(CC(=O)NC(CCCCN(C)C)C(N)=O)C(=O)Cn1cc(C)c(=O)[nH]c1=O)C(=O)Cn1cnc2c(=O)[nH]c(N)nc21)C(=O)Cn1cnc2c(=O)[nH]c(N)nc21)C(=O)Cn1cnc2c(=O)[nH]c(N)nc21)C(=O)Cn1cc(C)c(=O)[nH]c1=O. The number of primary amides is 1. The summed E-state index contributed by atoms with van der Waals surface area (Å²) < 4.78 is 5.31. The lowest BCUT2D eigenvalue weighted by molar-refractivity contribution is -0.138. The highest BCUT2D eigenvalue weighted by Gasteiger charge is 2.30. The standard InChI is InChI=1S/C69H97N33O19/c1-38-22-98(68(120)90-60(38)115)30-48(109)93(18-13-75-40(3)103)25-43(104)76-15-20-95(51(112)33-101-36-80-54-58(101)85-66(73)88-63(54)118)28-46(107)82-41(10-6-8-12-70)24-97(52(113)34-102-37-81-55-59(102)86-67(74)89-64(55)119)27-45(106)78-14-19-94(50(111)32-100-35-79-53-57(100)84-65(72)87-62(53)117)26-44(105)77-16-21-96(49(110)31-99-23-39(2)61(116)91-69(99)121)29-47(108)83-42(56(71)114)11-7-9-17-92(4)5/h22-23,35-37,41-42H,6-21,24-34,70H2,1-5H3,(H2,71,114)(H,75,103)(H,76,104)(H,77,105)(H,78,106)(H,82,107)(H,83,108)(H,90,115,120)(H,91,116,121)(H3,72,84,87,117)(H3,73,85,88,118)(H3,74,86,89,119). The van der Waals surface area contributed by atoms with E-state index < -0.39 is 233 Å². The number of nitrogen functional groups attached to an aromatic ring is 3. The maximum Gasteiger partial charge on any atom is 0.328 e. The minimum atomic E-state index is -1.14. The van der Waals surface area contributed by atoms with Gasteiger partial charge >= 0.3 is 11.4 Å². The number of aromatic nitrogens is 16. The van der Waals surface area contributed by atoms with Gasteiger partial charge in [-0.2, -0.15) is 15.0 Å². The van der Waals surface area contributed by atoms with Crippen molar-refractivity contribution in [3.05, 3.63) is 115 Å². The molecule has 121 heavy (non-hydrogen) atoms. The van der Waals surface area contributed by atoms with Crippen molar-refractivity contribution in [1.29, 1.82) is 0 Å². The fourth-order valence-corrected chi connectivity index (χ4v) is 12.4. The highest BCUT2D eigenvalue weighted by atomic mass is 16.2. The van der Waals surface area contributed by atoms with Crippen LogP contribution in [0, 0.1) is 13.8 Å². The lowest BCUT2D eigenvalue weighted by Crippen LogP contribution is -2.53. The number of nitrogens with one attached hydrogen (secondary N) is 11. The van der Waals surface area contributed by atoms with Crippen LogP contribution in [0.25, 0.3) is 33.5 Å². The normalized spacial score (nSPS) is 11.7. The van der Waals surface area contributed by atoms with E-state index in [0.717, 1.165) is 69.6 Å². The Kier molecular flexibility index (Phi) is 32.7. The largest absolute Gasteiger partial charge is 0.369 e. The Labute approximate surface area is 683 Å². The molecule has 0 saturated heterocycles. The van der Waals surface area contributed by atoms with E-state index in [9.17, 15) is 91.1 Å². The topological polar surface area (TPSA) is 727 Å². The molecule has 8 aromatic rings. The number of hydrogen-bond donors (Lipinski definition) is 16. The van der Waals surface area contributed by atoms with Gasteiger partial charge in [0.25, 0.3) is 27.8 Å². The van der Waals surface area contributed by atoms with Crippen molar-refractivity contribution in [2.24, 2.45) is 11.5 Å². The van der Waals surface area contributed by atoms with E-state index in [0.29, 0.717) is 25.8 Å². The highest BCUT2D eigenvalue weighted by Crippen LogP contribution is 2.14. The first-order valence-electron chi connectivity index (χ1n) is 37.8. The Morgan fingerprint density at radius 1 is 0.421 bits per heavy atom. The quantitative estimate of drug-likeness (QED) is 0.0158. The van der Waals surface area contributed by atoms with Crippen LogP contribution in [0.2, 0.25) is 0 Å². The van der Waals surface area contributed by atoms with Gasteiger partial charge in [0.15, 0.2) is 33.5 Å². The zero-order valence-electron chi connectivity index (χ0n) is 66.9. The van der Waals surface area contributed by atoms with Gasteiger partial charge < -0.3 is 104 Å². The third kappa shape index (κ3) is 27.0. The minimum absolute atomic E-state index is 0.0501. The van der Waals surface area contributed by atoms with Crippen molar-refractivity contribution >= 4 is 122 Å². The van der Waals surface area contributed by atoms with E-state index in [1.54, 1.807) is 0 Å². The molecule has 652 valence electrons. The summed E-state index contributed by atoms with van der Waals surface area (Å²) in [6, 6.07) is -2.24. The number of fused-ring (bicyclic) bond motifs is 3. The number of hydrogen-bond acceptors (Lipinski definition) is 30. The molecule has 8 rings (SSSR count). The van der Waals surface area contributed by atoms with E-state index in [-0.39, 0.29) is 101 Å². The van der Waals surface area contributed by atoms with Gasteiger partial charge in [-0.3, -0.25) is 116 Å². The van der Waals surface area contributed by atoms with Crippen molar-refractivity contribution in [1.82, 2.24) is 139 Å². The number of imidazole rings is 3. The molecule has 52 heteroatoms. The van der Waals surface area contributed by atoms with Gasteiger partial charge in [-0.1, -0.05) is 6.42 Å². The molecule has 21 N–H and O–H groups in total. The maximum atomic E-state index is 14.9. The van der Waals surface area contributed by atoms with Gasteiger partial charge in [0.05, 0.1) is 51.7 Å². The Morgan fingerprint density at radius 2 is 0.760 bits per heavy atom. The van der Waals surface area contributed by atoms with E-state index in [2.05, 4.69) is 86.7 Å². The molecule has 0 bridgehead atoms. The second-order valence-corrected chi connectivity index (χ2v) is 28.3. The Hall–Kier alpha value is -14.6. The van der Waals surface area contributed by atoms with Crippen molar-refractivity contribution in [3.63, 3.8) is 0 Å². The minimum Gasteiger partial charge on any atom is -0.369 e. The smallest absolute Gasteiger partial charge is 0.328 e. The second-order valence-electron chi connectivity index (χ2n) is 28.3. The summed E-state index contributed by atoms with van der Waals surface area (Å²) in [4.78, 5) is 297. The summed E-state index contributed by atoms with van der Waals surface area (Å²) in [5.74, 6) is -10.8. The number of rotatable bonds is 46. The molecule has 0 saturated carbocycles. The molecule has 8 aromatic heterocycles. The first-order chi connectivity index (χ1) is 57.4. The van der Waals surface area contributed by atoms with Gasteiger partial charge in [0, 0.05) is 95.4 Å². The number of aryl methyl sites for hydroxylation is 2. The van der Waals surface area contributed by atoms with Crippen LogP contribution in [0.1, 0.15) is 56.6 Å². The summed E-state index contributed by atoms with van der Waals surface area (Å²) in [5.41, 5.74) is 22.8. The number of amides is 12. The fraction of sp³-hybridized carbons (Fsp3) is 0.493. The third-order valence-corrected chi connectivity index (χ3v) is 18.5. The molecule has 8 heterocycles. The first-order valence-corrected chi connectivity index (χ1v) is 37.8. The number of nitrogens with zero attached hydrogens (tertiary/aromatic N) is 17. The number of anilines is 3. The molecule has 0 aliphatic rings. The number of carbonyl (C=O) groups excluding carboxylic acids is 12. The Bertz CT molecular complexity index is 5610. The van der Waals surface area contributed by atoms with Gasteiger partial charge in [0.2, 0.25) is 88.7 Å². The summed E-state index contributed by atoms with van der Waals surface area (Å²) in [6.45, 7) is -5.75. The lowest BCUT2D eigenvalue weighted by Gasteiger charge is -2.30. The van der Waals surface area contributed by atoms with E-state index >= 15 is 0 Å². The monoisotopic (exact) mass is 1690 g/mol. The molecule has 12 amide bonds. The van der Waals surface area contributed by atoms with Crippen LogP contribution in [0.15, 0.2) is 64.9 Å². The fourth-order valence-electron chi connectivity index (χ4n) is 12.4. The van der Waals surface area contributed by atoms with Crippen LogP contribution < -0.4 is 99.7 Å². The van der Waals surface area contributed by atoms with Gasteiger partial charge in [-0.25, -0.2) is 24.5 Å². The second kappa shape index (κ2) is 43.0. The molecular weight excluding hydrogens is 1590 g/mol. The van der Waals surface area contributed by atoms with E-state index in [1.165, 1.54) is 29.9 Å². The number of nitrogens with two attached hydrogens (primary N) is 5. The van der Waals surface area contributed by atoms with Crippen molar-refractivity contribution in [3.8, 4) is 0 Å². The molecule has 2 unspecified atom stereocenters. The van der Waals surface area contributed by atoms with Crippen LogP contribution in [0.4, 0.5) is 17.8 Å². The van der Waals surface area contributed by atoms with Crippen LogP contribution in [-0.2, 0) is 90.3 Å². The van der Waals surface area contributed by atoms with Gasteiger partial charge in [-0.05, 0) is 73.1 Å². The Morgan fingerprint density at radius 3 is 1.12 bits per heavy atom. The van der Waals surface area contributed by atoms with E-state index in [1.807, 2.05) is 19.0 Å². The van der Waals surface area contributed by atoms with Crippen molar-refractivity contribution in [2.45, 2.75) is 104 Å². The molecule has 0 fully saturated rings. The molecular formula is C69H97N33O19. The van der Waals surface area contributed by atoms with Crippen LogP contribution >= 0.6 is 0 Å². The predicted octanol–water partition coefficient (Wildman–Crippen LogP) is -11.2. The average Bonchev–Trinajstić information content (AvgIpc) is 1.66. The third-order valence-electron chi connectivity index (χ3n) is 18.5. The van der Waals surface area contributed by atoms with Gasteiger partial charge in [0.1, 0.15) is 38.8 Å². The number of aromatic amines is 5. The van der Waals surface area contributed by atoms with Gasteiger partial charge in [-0.15, -0.1) is 0 Å².